The average molecular weight is 424 g/mol. The zero-order chi connectivity index (χ0) is 20.7. The third-order valence-corrected chi connectivity index (χ3v) is 5.15. The third-order valence-electron chi connectivity index (χ3n) is 4.90. The summed E-state index contributed by atoms with van der Waals surface area (Å²) in [6.07, 6.45) is 5.49. The molecule has 0 bridgehead atoms. The molecule has 2 fully saturated rings. The molecule has 0 radical (unpaired) electrons. The van der Waals surface area contributed by atoms with Gasteiger partial charge in [-0.25, -0.2) is 0 Å². The Morgan fingerprint density at radius 3 is 2.70 bits per heavy atom. The van der Waals surface area contributed by atoms with Crippen LogP contribution in [0.25, 0.3) is 11.7 Å². The quantitative estimate of drug-likeness (QED) is 0.412. The van der Waals surface area contributed by atoms with Crippen LogP contribution in [0.2, 0.25) is 5.02 Å². The zero-order valence-corrected chi connectivity index (χ0v) is 16.6. The lowest BCUT2D eigenvalue weighted by molar-refractivity contribution is -0.124. The lowest BCUT2D eigenvalue weighted by atomic mass is 10.1. The van der Waals surface area contributed by atoms with Crippen molar-refractivity contribution in [1.82, 2.24) is 24.9 Å². The van der Waals surface area contributed by atoms with Crippen LogP contribution in [-0.2, 0) is 16.1 Å². The molecule has 3 heterocycles. The molecule has 0 spiro atoms. The first-order valence-electron chi connectivity index (χ1n) is 9.60. The van der Waals surface area contributed by atoms with E-state index in [0.29, 0.717) is 46.3 Å². The van der Waals surface area contributed by atoms with E-state index >= 15 is 0 Å². The summed E-state index contributed by atoms with van der Waals surface area (Å²) in [7, 11) is 0. The van der Waals surface area contributed by atoms with Gasteiger partial charge in [0.05, 0.1) is 12.6 Å². The van der Waals surface area contributed by atoms with Crippen molar-refractivity contribution in [3.05, 3.63) is 52.2 Å². The molecule has 152 valence electrons. The van der Waals surface area contributed by atoms with Gasteiger partial charge in [0, 0.05) is 28.7 Å². The topological polar surface area (TPSA) is 113 Å². The monoisotopic (exact) mass is 423 g/mol. The summed E-state index contributed by atoms with van der Waals surface area (Å²) in [5.74, 6) is 0.329. The standard InChI is InChI=1S/C20H18ClN7O2/c21-14-3-1-11(2-4-14)9-22-19-26-17-13(7-12-8-16(29)25-18(12)30)10-23-28(17)20(27-19)24-15-5-6-15/h1-4,7,10,15H,5-6,8-9H2,(H,25,29,30)(H2,22,24,26,27)/b12-7+. The predicted octanol–water partition coefficient (Wildman–Crippen LogP) is 2.39. The summed E-state index contributed by atoms with van der Waals surface area (Å²) in [6.45, 7) is 0.525. The van der Waals surface area contributed by atoms with E-state index in [2.05, 4.69) is 31.0 Å². The highest BCUT2D eigenvalue weighted by Gasteiger charge is 2.26. The molecular formula is C20H18ClN7O2. The fraction of sp³-hybridized carbons (Fsp3) is 0.250. The highest BCUT2D eigenvalue weighted by atomic mass is 35.5. The van der Waals surface area contributed by atoms with Crippen LogP contribution in [-0.4, -0.2) is 37.4 Å². The number of aromatic nitrogens is 4. The van der Waals surface area contributed by atoms with Gasteiger partial charge in [-0.15, -0.1) is 0 Å². The summed E-state index contributed by atoms with van der Waals surface area (Å²) in [6, 6.07) is 7.90. The number of imide groups is 1. The molecule has 2 aromatic heterocycles. The Kier molecular flexibility index (Phi) is 4.59. The van der Waals surface area contributed by atoms with E-state index in [1.807, 2.05) is 24.3 Å². The molecule has 2 aliphatic rings. The Hall–Kier alpha value is -3.46. The number of rotatable bonds is 6. The summed E-state index contributed by atoms with van der Waals surface area (Å²) in [5, 5.41) is 13.9. The van der Waals surface area contributed by atoms with Crippen LogP contribution in [0.3, 0.4) is 0 Å². The number of nitrogens with one attached hydrogen (secondary N) is 3. The van der Waals surface area contributed by atoms with E-state index in [1.165, 1.54) is 0 Å². The maximum Gasteiger partial charge on any atom is 0.254 e. The number of carbonyl (C=O) groups excluding carboxylic acids is 2. The second-order valence-corrected chi connectivity index (χ2v) is 7.76. The number of fused-ring (bicyclic) bond motifs is 1. The van der Waals surface area contributed by atoms with Gasteiger partial charge >= 0.3 is 0 Å². The Morgan fingerprint density at radius 2 is 2.00 bits per heavy atom. The summed E-state index contributed by atoms with van der Waals surface area (Å²) >= 11 is 5.95. The molecule has 3 aromatic rings. The Bertz CT molecular complexity index is 1180. The van der Waals surface area contributed by atoms with Gasteiger partial charge in [0.2, 0.25) is 17.8 Å². The number of halogens is 1. The highest BCUT2D eigenvalue weighted by molar-refractivity contribution is 6.30. The zero-order valence-electron chi connectivity index (χ0n) is 15.9. The second-order valence-electron chi connectivity index (χ2n) is 7.33. The first kappa shape index (κ1) is 18.6. The van der Waals surface area contributed by atoms with Crippen molar-refractivity contribution in [2.75, 3.05) is 10.6 Å². The maximum absolute atomic E-state index is 11.9. The number of hydrogen-bond acceptors (Lipinski definition) is 7. The van der Waals surface area contributed by atoms with Gasteiger partial charge in [-0.2, -0.15) is 19.6 Å². The molecule has 3 N–H and O–H groups in total. The van der Waals surface area contributed by atoms with Gasteiger partial charge in [-0.1, -0.05) is 23.7 Å². The molecule has 0 atom stereocenters. The molecule has 1 saturated heterocycles. The van der Waals surface area contributed by atoms with Gasteiger partial charge in [0.25, 0.3) is 5.91 Å². The summed E-state index contributed by atoms with van der Waals surface area (Å²) in [5.41, 5.74) is 2.62. The molecule has 0 unspecified atom stereocenters. The van der Waals surface area contributed by atoms with Crippen molar-refractivity contribution in [1.29, 1.82) is 0 Å². The average Bonchev–Trinajstić information content (AvgIpc) is 3.36. The molecule has 1 aliphatic heterocycles. The van der Waals surface area contributed by atoms with Gasteiger partial charge in [-0.3, -0.25) is 14.9 Å². The SMILES string of the molecule is O=C1C/C(=C\c2cnn3c(NC4CC4)nc(NCc4ccc(Cl)cc4)nc23)C(=O)N1. The van der Waals surface area contributed by atoms with Crippen LogP contribution < -0.4 is 16.0 Å². The molecule has 5 rings (SSSR count). The van der Waals surface area contributed by atoms with Crippen molar-refractivity contribution in [3.63, 3.8) is 0 Å². The molecular weight excluding hydrogens is 406 g/mol. The Balaban J connectivity index is 1.49. The van der Waals surface area contributed by atoms with Crippen LogP contribution in [0.1, 0.15) is 30.4 Å². The molecule has 1 aliphatic carbocycles. The molecule has 9 nitrogen and oxygen atoms in total. The van der Waals surface area contributed by atoms with Crippen molar-refractivity contribution < 1.29 is 9.59 Å². The van der Waals surface area contributed by atoms with E-state index in [-0.39, 0.29) is 18.2 Å². The van der Waals surface area contributed by atoms with Gasteiger partial charge in [0.1, 0.15) is 0 Å². The normalized spacial score (nSPS) is 17.6. The third kappa shape index (κ3) is 3.84. The Labute approximate surface area is 176 Å². The lowest BCUT2D eigenvalue weighted by Crippen LogP contribution is -2.19. The van der Waals surface area contributed by atoms with Crippen molar-refractivity contribution in [2.24, 2.45) is 0 Å². The van der Waals surface area contributed by atoms with Crippen LogP contribution in [0.5, 0.6) is 0 Å². The fourth-order valence-corrected chi connectivity index (χ4v) is 3.30. The van der Waals surface area contributed by atoms with E-state index in [9.17, 15) is 9.59 Å². The van der Waals surface area contributed by atoms with Crippen molar-refractivity contribution >= 4 is 47.0 Å². The number of hydrogen-bond donors (Lipinski definition) is 3. The van der Waals surface area contributed by atoms with E-state index in [1.54, 1.807) is 16.8 Å². The van der Waals surface area contributed by atoms with E-state index in [0.717, 1.165) is 18.4 Å². The molecule has 1 saturated carbocycles. The minimum atomic E-state index is -0.383. The number of nitrogens with zero attached hydrogens (tertiary/aromatic N) is 4. The number of amides is 2. The van der Waals surface area contributed by atoms with Gasteiger partial charge in [0.15, 0.2) is 5.65 Å². The minimum Gasteiger partial charge on any atom is -0.351 e. The maximum atomic E-state index is 11.9. The van der Waals surface area contributed by atoms with Crippen LogP contribution in [0.15, 0.2) is 36.0 Å². The van der Waals surface area contributed by atoms with Crippen LogP contribution >= 0.6 is 11.6 Å². The number of anilines is 2. The van der Waals surface area contributed by atoms with E-state index in [4.69, 9.17) is 11.6 Å². The van der Waals surface area contributed by atoms with E-state index < -0.39 is 0 Å². The lowest BCUT2D eigenvalue weighted by Gasteiger charge is -2.10. The molecule has 2 amide bonds. The number of carbonyl (C=O) groups is 2. The summed E-state index contributed by atoms with van der Waals surface area (Å²) in [4.78, 5) is 32.6. The molecule has 10 heteroatoms. The number of benzene rings is 1. The van der Waals surface area contributed by atoms with Crippen LogP contribution in [0.4, 0.5) is 11.9 Å². The molecule has 30 heavy (non-hydrogen) atoms. The second kappa shape index (κ2) is 7.42. The van der Waals surface area contributed by atoms with Crippen LogP contribution in [0, 0.1) is 0 Å². The highest BCUT2D eigenvalue weighted by Crippen LogP contribution is 2.26. The Morgan fingerprint density at radius 1 is 1.20 bits per heavy atom. The summed E-state index contributed by atoms with van der Waals surface area (Å²) < 4.78 is 1.62. The predicted molar refractivity (Wildman–Crippen MR) is 112 cm³/mol. The first-order valence-corrected chi connectivity index (χ1v) is 9.98. The first-order chi connectivity index (χ1) is 14.5. The minimum absolute atomic E-state index is 0.0517. The van der Waals surface area contributed by atoms with Gasteiger partial charge in [-0.05, 0) is 36.6 Å². The fourth-order valence-electron chi connectivity index (χ4n) is 3.17. The molecule has 1 aromatic carbocycles. The van der Waals surface area contributed by atoms with Crippen molar-refractivity contribution in [2.45, 2.75) is 31.8 Å². The smallest absolute Gasteiger partial charge is 0.254 e. The largest absolute Gasteiger partial charge is 0.351 e. The van der Waals surface area contributed by atoms with Gasteiger partial charge < -0.3 is 10.6 Å². The van der Waals surface area contributed by atoms with Crippen molar-refractivity contribution in [3.8, 4) is 0 Å².